The predicted molar refractivity (Wildman–Crippen MR) is 133 cm³/mol. The second-order valence-electron chi connectivity index (χ2n) is 9.85. The van der Waals surface area contributed by atoms with Crippen molar-refractivity contribution < 1.29 is 14.3 Å². The molecule has 2 aromatic carbocycles. The van der Waals surface area contributed by atoms with Crippen LogP contribution in [0.25, 0.3) is 10.9 Å². The molecule has 1 saturated carbocycles. The Kier molecular flexibility index (Phi) is 6.07. The number of para-hydroxylation sites is 1. The molecule has 3 aromatic rings. The fraction of sp³-hybridized carbons (Fsp3) is 0.429. The maximum Gasteiger partial charge on any atom is 0.271 e. The second kappa shape index (κ2) is 9.16. The number of rotatable bonds is 5. The number of carbonyl (C=O) groups is 2. The minimum Gasteiger partial charge on any atom is -0.497 e. The molecule has 34 heavy (non-hydrogen) atoms. The molecule has 0 saturated heterocycles. The Bertz CT molecular complexity index is 1190. The Labute approximate surface area is 200 Å². The third-order valence-corrected chi connectivity index (χ3v) is 7.52. The molecule has 5 rings (SSSR count). The standard InChI is InChI=1S/C28H33N3O3/c1-28(27(33)29-22-10-5-3-4-6-11-22)19-30-24-12-8-7-9-21(24)17-25(30)26(32)31(28)18-20-13-15-23(34-2)16-14-20/h7-9,12-17,22H,3-6,10-11,18-19H2,1-2H3,(H,29,33)/t28-/m1/s1. The van der Waals surface area contributed by atoms with Gasteiger partial charge >= 0.3 is 0 Å². The van der Waals surface area contributed by atoms with Gasteiger partial charge in [-0.05, 0) is 49.6 Å². The molecule has 0 spiro atoms. The molecule has 1 aromatic heterocycles. The van der Waals surface area contributed by atoms with E-state index in [0.29, 0.717) is 18.8 Å². The quantitative estimate of drug-likeness (QED) is 0.552. The van der Waals surface area contributed by atoms with Crippen molar-refractivity contribution in [3.05, 3.63) is 65.9 Å². The van der Waals surface area contributed by atoms with Crippen molar-refractivity contribution in [1.29, 1.82) is 0 Å². The van der Waals surface area contributed by atoms with E-state index in [2.05, 4.69) is 5.32 Å². The van der Waals surface area contributed by atoms with E-state index in [4.69, 9.17) is 4.74 Å². The van der Waals surface area contributed by atoms with Gasteiger partial charge in [-0.2, -0.15) is 0 Å². The average molecular weight is 460 g/mol. The highest BCUT2D eigenvalue weighted by Gasteiger charge is 2.48. The molecular weight excluding hydrogens is 426 g/mol. The van der Waals surface area contributed by atoms with Gasteiger partial charge in [0.05, 0.1) is 13.7 Å². The summed E-state index contributed by atoms with van der Waals surface area (Å²) in [6.45, 7) is 2.70. The van der Waals surface area contributed by atoms with Crippen molar-refractivity contribution in [2.45, 2.75) is 70.1 Å². The van der Waals surface area contributed by atoms with Gasteiger partial charge in [-0.15, -0.1) is 0 Å². The summed E-state index contributed by atoms with van der Waals surface area (Å²) in [4.78, 5) is 29.5. The molecule has 2 aliphatic rings. The average Bonchev–Trinajstić information content (AvgIpc) is 3.02. The summed E-state index contributed by atoms with van der Waals surface area (Å²) in [5, 5.41) is 4.35. The first kappa shape index (κ1) is 22.5. The molecule has 1 aliphatic heterocycles. The first-order valence-corrected chi connectivity index (χ1v) is 12.3. The minimum absolute atomic E-state index is 0.0651. The molecule has 0 unspecified atom stereocenters. The Morgan fingerprint density at radius 3 is 2.47 bits per heavy atom. The van der Waals surface area contributed by atoms with Crippen LogP contribution in [-0.4, -0.2) is 40.0 Å². The second-order valence-corrected chi connectivity index (χ2v) is 9.85. The molecule has 0 radical (unpaired) electrons. The summed E-state index contributed by atoms with van der Waals surface area (Å²) in [7, 11) is 1.64. The first-order valence-electron chi connectivity index (χ1n) is 12.3. The van der Waals surface area contributed by atoms with Gasteiger partial charge in [-0.25, -0.2) is 0 Å². The minimum atomic E-state index is -1.00. The predicted octanol–water partition coefficient (Wildman–Crippen LogP) is 4.90. The zero-order valence-electron chi connectivity index (χ0n) is 20.0. The smallest absolute Gasteiger partial charge is 0.271 e. The van der Waals surface area contributed by atoms with Gasteiger partial charge in [0.1, 0.15) is 17.0 Å². The van der Waals surface area contributed by atoms with Crippen molar-refractivity contribution in [2.75, 3.05) is 7.11 Å². The molecule has 2 heterocycles. The zero-order chi connectivity index (χ0) is 23.7. The third kappa shape index (κ3) is 4.06. The largest absolute Gasteiger partial charge is 0.497 e. The van der Waals surface area contributed by atoms with Crippen LogP contribution in [0, 0.1) is 0 Å². The molecule has 2 amide bonds. The molecule has 1 N–H and O–H groups in total. The van der Waals surface area contributed by atoms with Crippen molar-refractivity contribution in [2.24, 2.45) is 0 Å². The lowest BCUT2D eigenvalue weighted by atomic mass is 9.93. The van der Waals surface area contributed by atoms with Crippen LogP contribution < -0.4 is 10.1 Å². The van der Waals surface area contributed by atoms with Gasteiger partial charge < -0.3 is 19.5 Å². The number of carbonyl (C=O) groups excluding carboxylic acids is 2. The van der Waals surface area contributed by atoms with Gasteiger partial charge in [0.15, 0.2) is 0 Å². The van der Waals surface area contributed by atoms with Crippen LogP contribution in [0.4, 0.5) is 0 Å². The van der Waals surface area contributed by atoms with E-state index in [-0.39, 0.29) is 17.9 Å². The molecule has 6 nitrogen and oxygen atoms in total. The molecule has 1 aliphatic carbocycles. The number of aromatic nitrogens is 1. The summed E-state index contributed by atoms with van der Waals surface area (Å²) in [6.07, 6.45) is 6.75. The molecule has 1 fully saturated rings. The third-order valence-electron chi connectivity index (χ3n) is 7.52. The van der Waals surface area contributed by atoms with E-state index in [1.54, 1.807) is 12.0 Å². The van der Waals surface area contributed by atoms with E-state index in [1.807, 2.05) is 66.1 Å². The first-order chi connectivity index (χ1) is 16.5. The molecular formula is C28H33N3O3. The van der Waals surface area contributed by atoms with E-state index in [0.717, 1.165) is 47.9 Å². The zero-order valence-corrected chi connectivity index (χ0v) is 20.0. The van der Waals surface area contributed by atoms with Crippen LogP contribution in [0.15, 0.2) is 54.6 Å². The number of hydrogen-bond acceptors (Lipinski definition) is 3. The van der Waals surface area contributed by atoms with E-state index in [1.165, 1.54) is 12.8 Å². The number of methoxy groups -OCH3 is 1. The van der Waals surface area contributed by atoms with Crippen LogP contribution in [0.3, 0.4) is 0 Å². The SMILES string of the molecule is COc1ccc(CN2C(=O)c3cc4ccccc4n3C[C@]2(C)C(=O)NC2CCCCCC2)cc1. The number of hydrogen-bond donors (Lipinski definition) is 1. The number of fused-ring (bicyclic) bond motifs is 3. The highest BCUT2D eigenvalue weighted by atomic mass is 16.5. The van der Waals surface area contributed by atoms with Gasteiger partial charge in [0, 0.05) is 23.5 Å². The van der Waals surface area contributed by atoms with Crippen molar-refractivity contribution >= 4 is 22.7 Å². The topological polar surface area (TPSA) is 63.6 Å². The summed E-state index contributed by atoms with van der Waals surface area (Å²) >= 11 is 0. The maximum absolute atomic E-state index is 13.9. The van der Waals surface area contributed by atoms with Crippen LogP contribution in [0.5, 0.6) is 5.75 Å². The maximum atomic E-state index is 13.9. The van der Waals surface area contributed by atoms with Crippen molar-refractivity contribution in [1.82, 2.24) is 14.8 Å². The lowest BCUT2D eigenvalue weighted by molar-refractivity contribution is -0.134. The number of benzene rings is 2. The lowest BCUT2D eigenvalue weighted by Crippen LogP contribution is -2.64. The summed E-state index contributed by atoms with van der Waals surface area (Å²) in [5.74, 6) is 0.587. The van der Waals surface area contributed by atoms with Crippen LogP contribution in [0.2, 0.25) is 0 Å². The van der Waals surface area contributed by atoms with Crippen LogP contribution in [-0.2, 0) is 17.9 Å². The van der Waals surface area contributed by atoms with E-state index >= 15 is 0 Å². The number of ether oxygens (including phenoxy) is 1. The molecule has 178 valence electrons. The molecule has 6 heteroatoms. The monoisotopic (exact) mass is 459 g/mol. The Balaban J connectivity index is 1.52. The van der Waals surface area contributed by atoms with E-state index in [9.17, 15) is 9.59 Å². The summed E-state index contributed by atoms with van der Waals surface area (Å²) < 4.78 is 7.31. The normalized spacial score (nSPS) is 21.2. The van der Waals surface area contributed by atoms with Gasteiger partial charge in [-0.1, -0.05) is 56.0 Å². The summed E-state index contributed by atoms with van der Waals surface area (Å²) in [6, 6.07) is 17.8. The Hall–Kier alpha value is -3.28. The van der Waals surface area contributed by atoms with Gasteiger partial charge in [0.2, 0.25) is 5.91 Å². The fourth-order valence-electron chi connectivity index (χ4n) is 5.43. The van der Waals surface area contributed by atoms with Gasteiger partial charge in [0.25, 0.3) is 5.91 Å². The van der Waals surface area contributed by atoms with Gasteiger partial charge in [-0.3, -0.25) is 9.59 Å². The molecule has 1 atom stereocenters. The highest BCUT2D eigenvalue weighted by Crippen LogP contribution is 2.34. The Morgan fingerprint density at radius 1 is 1.06 bits per heavy atom. The Morgan fingerprint density at radius 2 is 1.76 bits per heavy atom. The fourth-order valence-corrected chi connectivity index (χ4v) is 5.43. The lowest BCUT2D eigenvalue weighted by Gasteiger charge is -2.44. The van der Waals surface area contributed by atoms with Crippen molar-refractivity contribution in [3.8, 4) is 5.75 Å². The number of nitrogens with zero attached hydrogens (tertiary/aromatic N) is 2. The number of amides is 2. The molecule has 0 bridgehead atoms. The van der Waals surface area contributed by atoms with Crippen molar-refractivity contribution in [3.63, 3.8) is 0 Å². The van der Waals surface area contributed by atoms with Crippen LogP contribution >= 0.6 is 0 Å². The number of nitrogens with one attached hydrogen (secondary N) is 1. The van der Waals surface area contributed by atoms with E-state index < -0.39 is 5.54 Å². The summed E-state index contributed by atoms with van der Waals surface area (Å²) in [5.41, 5.74) is 1.59. The highest BCUT2D eigenvalue weighted by molar-refractivity contribution is 6.03. The van der Waals surface area contributed by atoms with Crippen LogP contribution in [0.1, 0.15) is 61.5 Å².